The van der Waals surface area contributed by atoms with Crippen molar-refractivity contribution in [3.05, 3.63) is 0 Å². The molecule has 0 fully saturated rings. The van der Waals surface area contributed by atoms with E-state index in [1.54, 1.807) is 0 Å². The summed E-state index contributed by atoms with van der Waals surface area (Å²) in [5.74, 6) is 0.327. The number of aliphatic carboxylic acids is 1. The molecule has 15 heavy (non-hydrogen) atoms. The fourth-order valence-corrected chi connectivity index (χ4v) is 1.86. The third-order valence-electron chi connectivity index (χ3n) is 2.31. The summed E-state index contributed by atoms with van der Waals surface area (Å²) in [6.45, 7) is 12.2. The van der Waals surface area contributed by atoms with Gasteiger partial charge in [0, 0.05) is 13.1 Å². The van der Waals surface area contributed by atoms with Gasteiger partial charge in [0.2, 0.25) is 0 Å². The summed E-state index contributed by atoms with van der Waals surface area (Å²) in [7, 11) is 0. The molecule has 0 aromatic rings. The fourth-order valence-electron chi connectivity index (χ4n) is 1.86. The first kappa shape index (κ1) is 14.4. The first-order valence-corrected chi connectivity index (χ1v) is 5.85. The Kier molecular flexibility index (Phi) is 6.57. The van der Waals surface area contributed by atoms with Crippen LogP contribution in [0.15, 0.2) is 0 Å². The zero-order valence-corrected chi connectivity index (χ0v) is 10.7. The first-order chi connectivity index (χ1) is 6.88. The molecule has 0 aliphatic heterocycles. The van der Waals surface area contributed by atoms with Crippen molar-refractivity contribution >= 4 is 5.97 Å². The van der Waals surface area contributed by atoms with Gasteiger partial charge in [-0.2, -0.15) is 0 Å². The Hall–Kier alpha value is -0.570. The van der Waals surface area contributed by atoms with Crippen molar-refractivity contribution in [2.45, 2.75) is 47.1 Å². The molecular weight excluding hydrogens is 190 g/mol. The number of nitrogens with zero attached hydrogens (tertiary/aromatic N) is 1. The Bertz CT molecular complexity index is 180. The average Bonchev–Trinajstić information content (AvgIpc) is 2.01. The molecule has 0 spiro atoms. The van der Waals surface area contributed by atoms with Gasteiger partial charge in [0.25, 0.3) is 0 Å². The van der Waals surface area contributed by atoms with E-state index in [2.05, 4.69) is 32.6 Å². The molecule has 0 bridgehead atoms. The van der Waals surface area contributed by atoms with E-state index in [-0.39, 0.29) is 6.04 Å². The monoisotopic (exact) mass is 215 g/mol. The maximum atomic E-state index is 11.1. The predicted octanol–water partition coefficient (Wildman–Crippen LogP) is 2.46. The van der Waals surface area contributed by atoms with Crippen molar-refractivity contribution in [3.8, 4) is 0 Å². The Balaban J connectivity index is 4.50. The van der Waals surface area contributed by atoms with Gasteiger partial charge in [0.05, 0.1) is 0 Å². The maximum absolute atomic E-state index is 11.1. The maximum Gasteiger partial charge on any atom is 0.320 e. The summed E-state index contributed by atoms with van der Waals surface area (Å²) in [6.07, 6.45) is 0.675. The van der Waals surface area contributed by atoms with Gasteiger partial charge in [0.15, 0.2) is 0 Å². The number of carbonyl (C=O) groups is 1. The lowest BCUT2D eigenvalue weighted by atomic mass is 10.1. The number of rotatable bonds is 7. The van der Waals surface area contributed by atoms with Crippen LogP contribution in [0.1, 0.15) is 41.0 Å². The fraction of sp³-hybridized carbons (Fsp3) is 0.917. The van der Waals surface area contributed by atoms with Gasteiger partial charge in [-0.1, -0.05) is 34.6 Å². The third-order valence-corrected chi connectivity index (χ3v) is 2.31. The van der Waals surface area contributed by atoms with E-state index < -0.39 is 5.97 Å². The third kappa shape index (κ3) is 5.78. The second-order valence-corrected chi connectivity index (χ2v) is 5.00. The standard InChI is InChI=1S/C12H25NO2/c1-6-11(12(14)15)13(7-9(2)3)8-10(4)5/h9-11H,6-8H2,1-5H3,(H,14,15). The quantitative estimate of drug-likeness (QED) is 0.709. The number of carboxylic acid groups (broad SMARTS) is 1. The molecule has 0 radical (unpaired) electrons. The van der Waals surface area contributed by atoms with E-state index in [9.17, 15) is 4.79 Å². The molecular formula is C12H25NO2. The molecule has 0 rings (SSSR count). The highest BCUT2D eigenvalue weighted by Gasteiger charge is 2.24. The topological polar surface area (TPSA) is 40.5 Å². The van der Waals surface area contributed by atoms with Crippen molar-refractivity contribution in [1.82, 2.24) is 4.90 Å². The van der Waals surface area contributed by atoms with Gasteiger partial charge in [-0.05, 0) is 18.3 Å². The van der Waals surface area contributed by atoms with Crippen LogP contribution >= 0.6 is 0 Å². The highest BCUT2D eigenvalue weighted by atomic mass is 16.4. The zero-order chi connectivity index (χ0) is 12.0. The molecule has 0 amide bonds. The van der Waals surface area contributed by atoms with Gasteiger partial charge in [-0.3, -0.25) is 9.69 Å². The van der Waals surface area contributed by atoms with E-state index in [1.165, 1.54) is 0 Å². The molecule has 0 heterocycles. The molecule has 3 heteroatoms. The summed E-state index contributed by atoms with van der Waals surface area (Å²) in [5, 5.41) is 9.13. The van der Waals surface area contributed by atoms with E-state index in [4.69, 9.17) is 5.11 Å². The summed E-state index contributed by atoms with van der Waals surface area (Å²) in [6, 6.07) is -0.324. The zero-order valence-electron chi connectivity index (χ0n) is 10.7. The SMILES string of the molecule is CCC(C(=O)O)N(CC(C)C)CC(C)C. The molecule has 0 aliphatic rings. The van der Waals surface area contributed by atoms with Crippen molar-refractivity contribution in [1.29, 1.82) is 0 Å². The second kappa shape index (κ2) is 6.83. The van der Waals surface area contributed by atoms with Crippen LogP contribution in [0.4, 0.5) is 0 Å². The van der Waals surface area contributed by atoms with Crippen LogP contribution in [-0.4, -0.2) is 35.1 Å². The molecule has 1 N–H and O–H groups in total. The highest BCUT2D eigenvalue weighted by molar-refractivity contribution is 5.73. The molecule has 0 aromatic carbocycles. The van der Waals surface area contributed by atoms with Crippen LogP contribution < -0.4 is 0 Å². The molecule has 1 unspecified atom stereocenters. The van der Waals surface area contributed by atoms with E-state index in [0.717, 1.165) is 13.1 Å². The molecule has 90 valence electrons. The van der Waals surface area contributed by atoms with Crippen LogP contribution in [0.3, 0.4) is 0 Å². The Morgan fingerprint density at radius 2 is 1.53 bits per heavy atom. The number of hydrogen-bond donors (Lipinski definition) is 1. The highest BCUT2D eigenvalue weighted by Crippen LogP contribution is 2.11. The lowest BCUT2D eigenvalue weighted by Crippen LogP contribution is -2.44. The normalized spacial score (nSPS) is 13.9. The lowest BCUT2D eigenvalue weighted by Gasteiger charge is -2.31. The largest absolute Gasteiger partial charge is 0.480 e. The summed E-state index contributed by atoms with van der Waals surface area (Å²) in [4.78, 5) is 13.2. The first-order valence-electron chi connectivity index (χ1n) is 5.85. The van der Waals surface area contributed by atoms with E-state index in [0.29, 0.717) is 18.3 Å². The minimum Gasteiger partial charge on any atom is -0.480 e. The van der Waals surface area contributed by atoms with Crippen LogP contribution in [0.5, 0.6) is 0 Å². The van der Waals surface area contributed by atoms with Crippen LogP contribution in [0.25, 0.3) is 0 Å². The number of hydrogen-bond acceptors (Lipinski definition) is 2. The molecule has 0 saturated heterocycles. The lowest BCUT2D eigenvalue weighted by molar-refractivity contribution is -0.143. The van der Waals surface area contributed by atoms with Gasteiger partial charge in [-0.25, -0.2) is 0 Å². The molecule has 0 aliphatic carbocycles. The summed E-state index contributed by atoms with van der Waals surface area (Å²) < 4.78 is 0. The molecule has 1 atom stereocenters. The van der Waals surface area contributed by atoms with Gasteiger partial charge in [-0.15, -0.1) is 0 Å². The van der Waals surface area contributed by atoms with Crippen LogP contribution in [0.2, 0.25) is 0 Å². The summed E-state index contributed by atoms with van der Waals surface area (Å²) >= 11 is 0. The van der Waals surface area contributed by atoms with Crippen LogP contribution in [-0.2, 0) is 4.79 Å². The van der Waals surface area contributed by atoms with Crippen molar-refractivity contribution in [3.63, 3.8) is 0 Å². The van der Waals surface area contributed by atoms with Crippen LogP contribution in [0, 0.1) is 11.8 Å². The Morgan fingerprint density at radius 3 is 1.73 bits per heavy atom. The Labute approximate surface area is 93.5 Å². The van der Waals surface area contributed by atoms with E-state index >= 15 is 0 Å². The van der Waals surface area contributed by atoms with E-state index in [1.807, 2.05) is 6.92 Å². The minimum absolute atomic E-state index is 0.324. The molecule has 0 aromatic heterocycles. The summed E-state index contributed by atoms with van der Waals surface area (Å²) in [5.41, 5.74) is 0. The number of carboxylic acids is 1. The Morgan fingerprint density at radius 1 is 1.13 bits per heavy atom. The van der Waals surface area contributed by atoms with Gasteiger partial charge in [0.1, 0.15) is 6.04 Å². The molecule has 3 nitrogen and oxygen atoms in total. The predicted molar refractivity (Wildman–Crippen MR) is 63.0 cm³/mol. The van der Waals surface area contributed by atoms with Crippen molar-refractivity contribution in [2.75, 3.05) is 13.1 Å². The van der Waals surface area contributed by atoms with Crippen molar-refractivity contribution < 1.29 is 9.90 Å². The average molecular weight is 215 g/mol. The smallest absolute Gasteiger partial charge is 0.320 e. The minimum atomic E-state index is -0.696. The van der Waals surface area contributed by atoms with Crippen molar-refractivity contribution in [2.24, 2.45) is 11.8 Å². The van der Waals surface area contributed by atoms with Gasteiger partial charge >= 0.3 is 5.97 Å². The second-order valence-electron chi connectivity index (χ2n) is 5.00. The molecule has 0 saturated carbocycles. The van der Waals surface area contributed by atoms with Gasteiger partial charge < -0.3 is 5.11 Å².